The molecule has 0 bridgehead atoms. The summed E-state index contributed by atoms with van der Waals surface area (Å²) < 4.78 is 0. The van der Waals surface area contributed by atoms with Crippen molar-refractivity contribution >= 4 is 11.7 Å². The third kappa shape index (κ3) is 2.78. The van der Waals surface area contributed by atoms with Crippen molar-refractivity contribution in [1.82, 2.24) is 10.2 Å². The van der Waals surface area contributed by atoms with Gasteiger partial charge in [0, 0.05) is 31.9 Å². The minimum atomic E-state index is -0.248. The molecule has 0 saturated carbocycles. The van der Waals surface area contributed by atoms with E-state index in [2.05, 4.69) is 10.6 Å². The van der Waals surface area contributed by atoms with E-state index in [-0.39, 0.29) is 12.1 Å². The lowest BCUT2D eigenvalue weighted by Gasteiger charge is -2.29. The number of hydrogen-bond acceptors (Lipinski definition) is 3. The molecule has 1 aromatic rings. The molecule has 2 amide bonds. The summed E-state index contributed by atoms with van der Waals surface area (Å²) >= 11 is 0. The molecule has 0 spiro atoms. The average molecular weight is 275 g/mol. The normalized spacial score (nSPS) is 22.2. The van der Waals surface area contributed by atoms with Crippen LogP contribution < -0.4 is 10.6 Å². The van der Waals surface area contributed by atoms with Gasteiger partial charge in [-0.05, 0) is 36.5 Å². The number of rotatable bonds is 1. The maximum atomic E-state index is 12.3. The number of fused-ring (bicyclic) bond motifs is 1. The molecule has 20 heavy (non-hydrogen) atoms. The van der Waals surface area contributed by atoms with E-state index in [1.54, 1.807) is 0 Å². The molecule has 1 unspecified atom stereocenters. The number of benzene rings is 1. The number of nitrogens with zero attached hydrogens (tertiary/aromatic N) is 1. The SMILES string of the molecule is O=C(Nc1cccc2c1CCC(O)C2)N1CCNCC1. The number of piperazine rings is 1. The highest BCUT2D eigenvalue weighted by molar-refractivity contribution is 5.90. The van der Waals surface area contributed by atoms with Crippen LogP contribution in [-0.4, -0.2) is 48.3 Å². The zero-order valence-corrected chi connectivity index (χ0v) is 11.6. The minimum Gasteiger partial charge on any atom is -0.393 e. The number of urea groups is 1. The molecule has 1 aliphatic heterocycles. The maximum Gasteiger partial charge on any atom is 0.321 e. The van der Waals surface area contributed by atoms with Gasteiger partial charge in [-0.15, -0.1) is 0 Å². The molecule has 1 heterocycles. The lowest BCUT2D eigenvalue weighted by Crippen LogP contribution is -2.48. The van der Waals surface area contributed by atoms with Crippen LogP contribution in [-0.2, 0) is 12.8 Å². The van der Waals surface area contributed by atoms with E-state index < -0.39 is 0 Å². The summed E-state index contributed by atoms with van der Waals surface area (Å²) in [6, 6.07) is 5.92. The van der Waals surface area contributed by atoms with E-state index >= 15 is 0 Å². The first-order valence-electron chi connectivity index (χ1n) is 7.29. The first kappa shape index (κ1) is 13.4. The van der Waals surface area contributed by atoms with Crippen molar-refractivity contribution in [1.29, 1.82) is 0 Å². The maximum absolute atomic E-state index is 12.3. The highest BCUT2D eigenvalue weighted by Crippen LogP contribution is 2.28. The van der Waals surface area contributed by atoms with Gasteiger partial charge in [0.05, 0.1) is 6.10 Å². The Bertz CT molecular complexity index is 498. The van der Waals surface area contributed by atoms with Gasteiger partial charge in [0.25, 0.3) is 0 Å². The predicted molar refractivity (Wildman–Crippen MR) is 77.9 cm³/mol. The Labute approximate surface area is 119 Å². The number of amides is 2. The van der Waals surface area contributed by atoms with Crippen molar-refractivity contribution in [3.05, 3.63) is 29.3 Å². The van der Waals surface area contributed by atoms with Crippen LogP contribution in [0.5, 0.6) is 0 Å². The van der Waals surface area contributed by atoms with E-state index in [4.69, 9.17) is 0 Å². The van der Waals surface area contributed by atoms with Gasteiger partial charge in [0.2, 0.25) is 0 Å². The largest absolute Gasteiger partial charge is 0.393 e. The molecule has 2 aliphatic rings. The molecule has 1 aliphatic carbocycles. The van der Waals surface area contributed by atoms with E-state index in [9.17, 15) is 9.90 Å². The molecule has 1 fully saturated rings. The molecule has 1 atom stereocenters. The molecule has 1 aromatic carbocycles. The average Bonchev–Trinajstić information content (AvgIpc) is 2.48. The Hall–Kier alpha value is -1.59. The van der Waals surface area contributed by atoms with Crippen molar-refractivity contribution in [2.24, 2.45) is 0 Å². The van der Waals surface area contributed by atoms with Crippen molar-refractivity contribution in [2.45, 2.75) is 25.4 Å². The fourth-order valence-electron chi connectivity index (χ4n) is 2.97. The van der Waals surface area contributed by atoms with Crippen LogP contribution in [0.1, 0.15) is 17.5 Å². The standard InChI is InChI=1S/C15H21N3O2/c19-12-4-5-13-11(10-12)2-1-3-14(13)17-15(20)18-8-6-16-7-9-18/h1-3,12,16,19H,4-10H2,(H,17,20). The number of nitrogens with one attached hydrogen (secondary N) is 2. The second kappa shape index (κ2) is 5.81. The van der Waals surface area contributed by atoms with Gasteiger partial charge >= 0.3 is 6.03 Å². The number of hydrogen-bond donors (Lipinski definition) is 3. The summed E-state index contributed by atoms with van der Waals surface area (Å²) in [6.07, 6.45) is 2.04. The van der Waals surface area contributed by atoms with Crippen LogP contribution in [0.25, 0.3) is 0 Å². The number of aliphatic hydroxyl groups is 1. The van der Waals surface area contributed by atoms with Crippen molar-refractivity contribution in [3.8, 4) is 0 Å². The second-order valence-electron chi connectivity index (χ2n) is 5.51. The Morgan fingerprint density at radius 2 is 2.15 bits per heavy atom. The zero-order valence-electron chi connectivity index (χ0n) is 11.6. The van der Waals surface area contributed by atoms with E-state index in [1.165, 1.54) is 5.56 Å². The van der Waals surface area contributed by atoms with Crippen molar-refractivity contribution in [2.75, 3.05) is 31.5 Å². The number of carbonyl (C=O) groups is 1. The molecule has 5 nitrogen and oxygen atoms in total. The van der Waals surface area contributed by atoms with Gasteiger partial charge in [-0.1, -0.05) is 12.1 Å². The molecule has 108 valence electrons. The fourth-order valence-corrected chi connectivity index (χ4v) is 2.97. The van der Waals surface area contributed by atoms with E-state index in [0.29, 0.717) is 6.42 Å². The molecular weight excluding hydrogens is 254 g/mol. The van der Waals surface area contributed by atoms with Crippen LogP contribution in [0.15, 0.2) is 18.2 Å². The van der Waals surface area contributed by atoms with E-state index in [1.807, 2.05) is 23.1 Å². The lowest BCUT2D eigenvalue weighted by molar-refractivity contribution is 0.159. The summed E-state index contributed by atoms with van der Waals surface area (Å²) in [5.74, 6) is 0. The highest BCUT2D eigenvalue weighted by Gasteiger charge is 2.21. The minimum absolute atomic E-state index is 0.0222. The molecule has 0 radical (unpaired) electrons. The molecule has 3 N–H and O–H groups in total. The molecule has 3 rings (SSSR count). The topological polar surface area (TPSA) is 64.6 Å². The first-order chi connectivity index (χ1) is 9.74. The van der Waals surface area contributed by atoms with Gasteiger partial charge in [-0.3, -0.25) is 0 Å². The predicted octanol–water partition coefficient (Wildman–Crippen LogP) is 0.973. The number of anilines is 1. The molecule has 5 heteroatoms. The molecule has 0 aromatic heterocycles. The quantitative estimate of drug-likeness (QED) is 0.715. The van der Waals surface area contributed by atoms with Gasteiger partial charge < -0.3 is 20.6 Å². The zero-order chi connectivity index (χ0) is 13.9. The van der Waals surface area contributed by atoms with Crippen molar-refractivity contribution in [3.63, 3.8) is 0 Å². The molecular formula is C15H21N3O2. The summed E-state index contributed by atoms with van der Waals surface area (Å²) in [5, 5.41) is 16.0. The Balaban J connectivity index is 1.74. The summed E-state index contributed by atoms with van der Waals surface area (Å²) in [6.45, 7) is 3.21. The third-order valence-corrected chi connectivity index (χ3v) is 4.10. The number of carbonyl (C=O) groups excluding carboxylic acids is 1. The summed E-state index contributed by atoms with van der Waals surface area (Å²) in [5.41, 5.74) is 3.24. The van der Waals surface area contributed by atoms with Crippen LogP contribution in [0, 0.1) is 0 Å². The highest BCUT2D eigenvalue weighted by atomic mass is 16.3. The van der Waals surface area contributed by atoms with Gasteiger partial charge in [-0.25, -0.2) is 4.79 Å². The second-order valence-corrected chi connectivity index (χ2v) is 5.51. The Morgan fingerprint density at radius 1 is 1.35 bits per heavy atom. The van der Waals surface area contributed by atoms with Crippen LogP contribution in [0.4, 0.5) is 10.5 Å². The lowest BCUT2D eigenvalue weighted by atomic mass is 9.88. The van der Waals surface area contributed by atoms with Crippen LogP contribution in [0.2, 0.25) is 0 Å². The smallest absolute Gasteiger partial charge is 0.321 e. The van der Waals surface area contributed by atoms with Gasteiger partial charge in [0.15, 0.2) is 0 Å². The molecule has 1 saturated heterocycles. The van der Waals surface area contributed by atoms with E-state index in [0.717, 1.165) is 50.3 Å². The van der Waals surface area contributed by atoms with Crippen molar-refractivity contribution < 1.29 is 9.90 Å². The van der Waals surface area contributed by atoms with Crippen LogP contribution >= 0.6 is 0 Å². The van der Waals surface area contributed by atoms with Gasteiger partial charge in [0.1, 0.15) is 0 Å². The van der Waals surface area contributed by atoms with Gasteiger partial charge in [-0.2, -0.15) is 0 Å². The fraction of sp³-hybridized carbons (Fsp3) is 0.533. The van der Waals surface area contributed by atoms with Crippen LogP contribution in [0.3, 0.4) is 0 Å². The number of aliphatic hydroxyl groups excluding tert-OH is 1. The summed E-state index contributed by atoms with van der Waals surface area (Å²) in [4.78, 5) is 14.1. The summed E-state index contributed by atoms with van der Waals surface area (Å²) in [7, 11) is 0. The third-order valence-electron chi connectivity index (χ3n) is 4.10. The monoisotopic (exact) mass is 275 g/mol. The Kier molecular flexibility index (Phi) is 3.89. The first-order valence-corrected chi connectivity index (χ1v) is 7.29. The Morgan fingerprint density at radius 3 is 2.95 bits per heavy atom.